The predicted molar refractivity (Wildman–Crippen MR) is 113 cm³/mol. The molecule has 0 bridgehead atoms. The van der Waals surface area contributed by atoms with Gasteiger partial charge in [0.1, 0.15) is 0 Å². The SMILES string of the molecule is O=C(CCN1C(=O)CSc2ccccc21)Nc1ccccc1-c1cccs1. The summed E-state index contributed by atoms with van der Waals surface area (Å²) in [5, 5.41) is 5.02. The number of thioether (sulfide) groups is 1. The van der Waals surface area contributed by atoms with E-state index in [2.05, 4.69) is 5.32 Å². The Kier molecular flexibility index (Phi) is 5.27. The molecule has 3 aromatic rings. The van der Waals surface area contributed by atoms with Crippen LogP contribution in [0.5, 0.6) is 0 Å². The molecular weight excluding hydrogens is 376 g/mol. The molecular formula is C21H18N2O2S2. The van der Waals surface area contributed by atoms with Crippen LogP contribution in [0.1, 0.15) is 6.42 Å². The van der Waals surface area contributed by atoms with Crippen LogP contribution in [-0.2, 0) is 9.59 Å². The predicted octanol–water partition coefficient (Wildman–Crippen LogP) is 4.88. The highest BCUT2D eigenvalue weighted by Gasteiger charge is 2.24. The zero-order valence-electron chi connectivity index (χ0n) is 14.6. The minimum absolute atomic E-state index is 0.0467. The summed E-state index contributed by atoms with van der Waals surface area (Å²) < 4.78 is 0. The number of nitrogens with one attached hydrogen (secondary N) is 1. The Morgan fingerprint density at radius 2 is 1.85 bits per heavy atom. The molecule has 2 amide bonds. The van der Waals surface area contributed by atoms with Crippen molar-refractivity contribution in [3.8, 4) is 10.4 Å². The number of carbonyl (C=O) groups is 2. The number of para-hydroxylation sites is 2. The molecule has 0 unspecified atom stereocenters. The van der Waals surface area contributed by atoms with E-state index in [0.29, 0.717) is 12.3 Å². The number of thiophene rings is 1. The summed E-state index contributed by atoms with van der Waals surface area (Å²) in [6, 6.07) is 19.7. The van der Waals surface area contributed by atoms with Gasteiger partial charge in [0.2, 0.25) is 11.8 Å². The Morgan fingerprint density at radius 1 is 1.04 bits per heavy atom. The van der Waals surface area contributed by atoms with Crippen LogP contribution in [0.4, 0.5) is 11.4 Å². The molecule has 1 aliphatic heterocycles. The second-order valence-corrected chi connectivity index (χ2v) is 8.09. The third kappa shape index (κ3) is 3.91. The van der Waals surface area contributed by atoms with Gasteiger partial charge in [-0.3, -0.25) is 9.59 Å². The van der Waals surface area contributed by atoms with E-state index in [1.165, 1.54) is 0 Å². The number of anilines is 2. The van der Waals surface area contributed by atoms with E-state index in [1.54, 1.807) is 28.0 Å². The highest BCUT2D eigenvalue weighted by atomic mass is 32.2. The lowest BCUT2D eigenvalue weighted by Gasteiger charge is -2.28. The molecule has 0 atom stereocenters. The average molecular weight is 395 g/mol. The van der Waals surface area contributed by atoms with Crippen LogP contribution < -0.4 is 10.2 Å². The highest BCUT2D eigenvalue weighted by Crippen LogP contribution is 2.35. The fourth-order valence-corrected chi connectivity index (χ4v) is 4.77. The fraction of sp³-hybridized carbons (Fsp3) is 0.143. The van der Waals surface area contributed by atoms with E-state index < -0.39 is 0 Å². The second kappa shape index (κ2) is 7.98. The fourth-order valence-electron chi connectivity index (χ4n) is 3.06. The minimum atomic E-state index is -0.0949. The highest BCUT2D eigenvalue weighted by molar-refractivity contribution is 8.00. The number of nitrogens with zero attached hydrogens (tertiary/aromatic N) is 1. The topological polar surface area (TPSA) is 49.4 Å². The molecule has 1 N–H and O–H groups in total. The Bertz CT molecular complexity index is 970. The molecule has 0 aliphatic carbocycles. The van der Waals surface area contributed by atoms with E-state index >= 15 is 0 Å². The summed E-state index contributed by atoms with van der Waals surface area (Å²) >= 11 is 3.19. The molecule has 136 valence electrons. The van der Waals surface area contributed by atoms with Crippen molar-refractivity contribution in [1.29, 1.82) is 0 Å². The van der Waals surface area contributed by atoms with Gasteiger partial charge < -0.3 is 10.2 Å². The van der Waals surface area contributed by atoms with Gasteiger partial charge in [0, 0.05) is 34.0 Å². The van der Waals surface area contributed by atoms with Crippen molar-refractivity contribution in [2.75, 3.05) is 22.5 Å². The van der Waals surface area contributed by atoms with Crippen molar-refractivity contribution in [2.45, 2.75) is 11.3 Å². The summed E-state index contributed by atoms with van der Waals surface area (Å²) in [5.74, 6) is 0.368. The smallest absolute Gasteiger partial charge is 0.237 e. The van der Waals surface area contributed by atoms with Crippen molar-refractivity contribution >= 4 is 46.3 Å². The second-order valence-electron chi connectivity index (χ2n) is 6.12. The normalized spacial score (nSPS) is 13.3. The van der Waals surface area contributed by atoms with Gasteiger partial charge in [0.15, 0.2) is 0 Å². The molecule has 2 aromatic carbocycles. The number of carbonyl (C=O) groups excluding carboxylic acids is 2. The number of hydrogen-bond donors (Lipinski definition) is 1. The van der Waals surface area contributed by atoms with Crippen molar-refractivity contribution in [3.05, 3.63) is 66.0 Å². The number of hydrogen-bond acceptors (Lipinski definition) is 4. The Labute approximate surface area is 166 Å². The first-order valence-electron chi connectivity index (χ1n) is 8.67. The first-order valence-corrected chi connectivity index (χ1v) is 10.5. The zero-order chi connectivity index (χ0) is 18.6. The molecule has 4 rings (SSSR count). The molecule has 0 radical (unpaired) electrons. The molecule has 27 heavy (non-hydrogen) atoms. The molecule has 2 heterocycles. The molecule has 0 fully saturated rings. The maximum absolute atomic E-state index is 12.5. The Balaban J connectivity index is 1.45. The Hall–Kier alpha value is -2.57. The van der Waals surface area contributed by atoms with Crippen LogP contribution in [0.15, 0.2) is 70.9 Å². The first kappa shape index (κ1) is 17.8. The summed E-state index contributed by atoms with van der Waals surface area (Å²) in [5.41, 5.74) is 2.70. The van der Waals surface area contributed by atoms with Crippen molar-refractivity contribution < 1.29 is 9.59 Å². The van der Waals surface area contributed by atoms with Crippen LogP contribution in [0.25, 0.3) is 10.4 Å². The van der Waals surface area contributed by atoms with Gasteiger partial charge in [-0.25, -0.2) is 0 Å². The van der Waals surface area contributed by atoms with Crippen LogP contribution in [-0.4, -0.2) is 24.1 Å². The lowest BCUT2D eigenvalue weighted by molar-refractivity contribution is -0.117. The van der Waals surface area contributed by atoms with Gasteiger partial charge in [-0.05, 0) is 29.6 Å². The van der Waals surface area contributed by atoms with Crippen molar-refractivity contribution in [1.82, 2.24) is 0 Å². The van der Waals surface area contributed by atoms with Gasteiger partial charge >= 0.3 is 0 Å². The number of rotatable bonds is 5. The van der Waals surface area contributed by atoms with Gasteiger partial charge in [0.25, 0.3) is 0 Å². The molecule has 0 saturated heterocycles. The van der Waals surface area contributed by atoms with Crippen LogP contribution in [0.2, 0.25) is 0 Å². The molecule has 0 saturated carbocycles. The van der Waals surface area contributed by atoms with Crippen LogP contribution in [0.3, 0.4) is 0 Å². The monoisotopic (exact) mass is 394 g/mol. The third-order valence-electron chi connectivity index (χ3n) is 4.36. The summed E-state index contributed by atoms with van der Waals surface area (Å²) in [4.78, 5) is 28.8. The third-order valence-corrected chi connectivity index (χ3v) is 6.31. The largest absolute Gasteiger partial charge is 0.325 e. The number of amides is 2. The molecule has 1 aromatic heterocycles. The van der Waals surface area contributed by atoms with Crippen LogP contribution in [0, 0.1) is 0 Å². The van der Waals surface area contributed by atoms with Gasteiger partial charge in [-0.2, -0.15) is 0 Å². The van der Waals surface area contributed by atoms with Gasteiger partial charge in [-0.15, -0.1) is 23.1 Å². The summed E-state index contributed by atoms with van der Waals surface area (Å²) in [7, 11) is 0. The molecule has 4 nitrogen and oxygen atoms in total. The average Bonchev–Trinajstić information content (AvgIpc) is 3.22. The van der Waals surface area contributed by atoms with Gasteiger partial charge in [-0.1, -0.05) is 36.4 Å². The van der Waals surface area contributed by atoms with E-state index in [0.717, 1.165) is 26.7 Å². The van der Waals surface area contributed by atoms with E-state index in [-0.39, 0.29) is 18.2 Å². The van der Waals surface area contributed by atoms with E-state index in [1.807, 2.05) is 66.0 Å². The minimum Gasteiger partial charge on any atom is -0.325 e. The molecule has 1 aliphatic rings. The molecule has 6 heteroatoms. The maximum atomic E-state index is 12.5. The van der Waals surface area contributed by atoms with E-state index in [4.69, 9.17) is 0 Å². The van der Waals surface area contributed by atoms with E-state index in [9.17, 15) is 9.59 Å². The number of benzene rings is 2. The van der Waals surface area contributed by atoms with Crippen LogP contribution >= 0.6 is 23.1 Å². The first-order chi connectivity index (χ1) is 13.2. The number of fused-ring (bicyclic) bond motifs is 1. The Morgan fingerprint density at radius 3 is 2.70 bits per heavy atom. The molecule has 0 spiro atoms. The standard InChI is InChI=1S/C21H18N2O2S2/c24-20(22-16-7-2-1-6-15(16)18-10-5-13-26-18)11-12-23-17-8-3-4-9-19(17)27-14-21(23)25/h1-10,13H,11-12,14H2,(H,22,24). The zero-order valence-corrected chi connectivity index (χ0v) is 16.2. The maximum Gasteiger partial charge on any atom is 0.237 e. The lowest BCUT2D eigenvalue weighted by Crippen LogP contribution is -2.37. The van der Waals surface area contributed by atoms with Crippen molar-refractivity contribution in [2.24, 2.45) is 0 Å². The summed E-state index contributed by atoms with van der Waals surface area (Å²) in [6.45, 7) is 0.378. The van der Waals surface area contributed by atoms with Crippen molar-refractivity contribution in [3.63, 3.8) is 0 Å². The quantitative estimate of drug-likeness (QED) is 0.671. The van der Waals surface area contributed by atoms with Gasteiger partial charge in [0.05, 0.1) is 11.4 Å². The summed E-state index contributed by atoms with van der Waals surface area (Å²) in [6.07, 6.45) is 0.253. The lowest BCUT2D eigenvalue weighted by atomic mass is 10.1.